The Morgan fingerprint density at radius 1 is 1.75 bits per heavy atom. The van der Waals surface area contributed by atoms with Crippen LogP contribution in [0.2, 0.25) is 0 Å². The minimum atomic E-state index is 0.574. The minimum absolute atomic E-state index is 0.574. The summed E-state index contributed by atoms with van der Waals surface area (Å²) in [6.07, 6.45) is 1.14. The van der Waals surface area contributed by atoms with Crippen molar-refractivity contribution in [2.24, 2.45) is 5.11 Å². The Kier molecular flexibility index (Phi) is 6.38. The molecule has 0 fully saturated rings. The van der Waals surface area contributed by atoms with Crippen molar-refractivity contribution in [1.82, 2.24) is 0 Å². The zero-order valence-corrected chi connectivity index (χ0v) is 5.69. The molecule has 0 spiro atoms. The molecular formula is C4H9N3S. The summed E-state index contributed by atoms with van der Waals surface area (Å²) < 4.78 is 0. The highest BCUT2D eigenvalue weighted by Gasteiger charge is 1.78. The van der Waals surface area contributed by atoms with Crippen LogP contribution in [0.1, 0.15) is 13.3 Å². The van der Waals surface area contributed by atoms with Gasteiger partial charge in [-0.2, -0.15) is 11.8 Å². The summed E-state index contributed by atoms with van der Waals surface area (Å²) in [7, 11) is 0. The van der Waals surface area contributed by atoms with Crippen LogP contribution >= 0.6 is 11.8 Å². The average molecular weight is 131 g/mol. The Labute approximate surface area is 53.1 Å². The van der Waals surface area contributed by atoms with E-state index in [0.717, 1.165) is 12.2 Å². The van der Waals surface area contributed by atoms with E-state index in [-0.39, 0.29) is 0 Å². The van der Waals surface area contributed by atoms with Gasteiger partial charge in [-0.25, -0.2) is 0 Å². The predicted octanol–water partition coefficient (Wildman–Crippen LogP) is 2.40. The Morgan fingerprint density at radius 3 is 3.00 bits per heavy atom. The van der Waals surface area contributed by atoms with Gasteiger partial charge in [0.2, 0.25) is 0 Å². The van der Waals surface area contributed by atoms with Gasteiger partial charge < -0.3 is 0 Å². The number of hydrogen-bond donors (Lipinski definition) is 0. The maximum atomic E-state index is 7.81. The van der Waals surface area contributed by atoms with E-state index in [9.17, 15) is 0 Å². The molecule has 0 aliphatic heterocycles. The van der Waals surface area contributed by atoms with Gasteiger partial charge >= 0.3 is 0 Å². The Hall–Kier alpha value is -0.340. The molecule has 0 aromatic heterocycles. The molecule has 0 saturated carbocycles. The normalized spacial score (nSPS) is 8.12. The van der Waals surface area contributed by atoms with Gasteiger partial charge in [0.15, 0.2) is 0 Å². The number of azide groups is 1. The number of nitrogens with zero attached hydrogens (tertiary/aromatic N) is 3. The SMILES string of the molecule is CCCSCN=[N+]=[N-]. The molecule has 0 aromatic rings. The molecule has 0 rings (SSSR count). The molecule has 8 heavy (non-hydrogen) atoms. The monoisotopic (exact) mass is 131 g/mol. The molecule has 0 unspecified atom stereocenters. The standard InChI is InChI=1S/C4H9N3S/c1-2-3-8-4-6-7-5/h2-4H2,1H3. The van der Waals surface area contributed by atoms with E-state index < -0.39 is 0 Å². The minimum Gasteiger partial charge on any atom is -0.156 e. The summed E-state index contributed by atoms with van der Waals surface area (Å²) >= 11 is 1.66. The Bertz CT molecular complexity index is 87.3. The molecule has 0 radical (unpaired) electrons. The molecule has 0 bridgehead atoms. The van der Waals surface area contributed by atoms with Crippen molar-refractivity contribution in [3.63, 3.8) is 0 Å². The first-order valence-electron chi connectivity index (χ1n) is 2.50. The predicted molar refractivity (Wildman–Crippen MR) is 36.8 cm³/mol. The van der Waals surface area contributed by atoms with Gasteiger partial charge in [-0.1, -0.05) is 12.0 Å². The second kappa shape index (κ2) is 6.66. The van der Waals surface area contributed by atoms with Crippen LogP contribution < -0.4 is 0 Å². The molecule has 0 aliphatic rings. The third kappa shape index (κ3) is 5.66. The van der Waals surface area contributed by atoms with Gasteiger partial charge in [-0.15, -0.1) is 0 Å². The van der Waals surface area contributed by atoms with E-state index in [1.165, 1.54) is 0 Å². The molecule has 0 aromatic carbocycles. The van der Waals surface area contributed by atoms with Crippen molar-refractivity contribution in [2.45, 2.75) is 13.3 Å². The van der Waals surface area contributed by atoms with E-state index in [2.05, 4.69) is 16.9 Å². The smallest absolute Gasteiger partial charge is 0.0721 e. The fourth-order valence-electron chi connectivity index (χ4n) is 0.276. The first kappa shape index (κ1) is 7.66. The highest BCUT2D eigenvalue weighted by Crippen LogP contribution is 2.00. The molecule has 0 heterocycles. The van der Waals surface area contributed by atoms with Crippen molar-refractivity contribution in [1.29, 1.82) is 0 Å². The van der Waals surface area contributed by atoms with Gasteiger partial charge in [0.05, 0.1) is 5.88 Å². The second-order valence-corrected chi connectivity index (χ2v) is 2.34. The second-order valence-electron chi connectivity index (χ2n) is 1.27. The molecular weight excluding hydrogens is 122 g/mol. The molecule has 0 atom stereocenters. The lowest BCUT2D eigenvalue weighted by Gasteiger charge is -1.87. The highest BCUT2D eigenvalue weighted by molar-refractivity contribution is 7.99. The zero-order valence-electron chi connectivity index (χ0n) is 4.87. The van der Waals surface area contributed by atoms with Gasteiger partial charge in [0.25, 0.3) is 0 Å². The lowest BCUT2D eigenvalue weighted by Crippen LogP contribution is -1.73. The number of thioether (sulfide) groups is 1. The van der Waals surface area contributed by atoms with Crippen LogP contribution in [0.25, 0.3) is 10.4 Å². The maximum Gasteiger partial charge on any atom is 0.0721 e. The van der Waals surface area contributed by atoms with Crippen molar-refractivity contribution in [3.8, 4) is 0 Å². The van der Waals surface area contributed by atoms with Crippen LogP contribution in [-0.4, -0.2) is 11.6 Å². The maximum absolute atomic E-state index is 7.81. The fourth-order valence-corrected chi connectivity index (χ4v) is 0.827. The van der Waals surface area contributed by atoms with E-state index in [1.54, 1.807) is 11.8 Å². The van der Waals surface area contributed by atoms with Gasteiger partial charge in [0.1, 0.15) is 0 Å². The van der Waals surface area contributed by atoms with Crippen LogP contribution in [0, 0.1) is 0 Å². The van der Waals surface area contributed by atoms with Crippen LogP contribution in [0.5, 0.6) is 0 Å². The van der Waals surface area contributed by atoms with Crippen molar-refractivity contribution >= 4 is 11.8 Å². The summed E-state index contributed by atoms with van der Waals surface area (Å²) in [5.41, 5.74) is 7.81. The molecule has 3 nitrogen and oxygen atoms in total. The fraction of sp³-hybridized carbons (Fsp3) is 1.00. The zero-order chi connectivity index (χ0) is 6.24. The largest absolute Gasteiger partial charge is 0.156 e. The van der Waals surface area contributed by atoms with Crippen LogP contribution in [0.15, 0.2) is 5.11 Å². The topological polar surface area (TPSA) is 48.8 Å². The van der Waals surface area contributed by atoms with Crippen LogP contribution in [0.4, 0.5) is 0 Å². The third-order valence-electron chi connectivity index (χ3n) is 0.561. The van der Waals surface area contributed by atoms with E-state index >= 15 is 0 Å². The summed E-state index contributed by atoms with van der Waals surface area (Å²) in [6.45, 7) is 2.10. The van der Waals surface area contributed by atoms with Gasteiger partial charge in [-0.3, -0.25) is 0 Å². The quantitative estimate of drug-likeness (QED) is 0.250. The number of rotatable bonds is 4. The lowest BCUT2D eigenvalue weighted by atomic mass is 10.6. The summed E-state index contributed by atoms with van der Waals surface area (Å²) in [5.74, 6) is 1.66. The average Bonchev–Trinajstić information content (AvgIpc) is 1.81. The Morgan fingerprint density at radius 2 is 2.50 bits per heavy atom. The molecule has 0 aliphatic carbocycles. The molecule has 0 N–H and O–H groups in total. The van der Waals surface area contributed by atoms with E-state index in [4.69, 9.17) is 5.53 Å². The number of hydrogen-bond acceptors (Lipinski definition) is 2. The molecule has 0 amide bonds. The molecule has 46 valence electrons. The van der Waals surface area contributed by atoms with Gasteiger partial charge in [0, 0.05) is 4.91 Å². The third-order valence-corrected chi connectivity index (χ3v) is 1.56. The Balaban J connectivity index is 2.82. The lowest BCUT2D eigenvalue weighted by molar-refractivity contribution is 1.10. The molecule has 4 heteroatoms. The summed E-state index contributed by atoms with van der Waals surface area (Å²) in [5, 5.41) is 3.35. The summed E-state index contributed by atoms with van der Waals surface area (Å²) in [4.78, 5) is 2.61. The van der Waals surface area contributed by atoms with E-state index in [0.29, 0.717) is 5.88 Å². The highest BCUT2D eigenvalue weighted by atomic mass is 32.2. The first-order valence-corrected chi connectivity index (χ1v) is 3.66. The van der Waals surface area contributed by atoms with Crippen LogP contribution in [0.3, 0.4) is 0 Å². The van der Waals surface area contributed by atoms with E-state index in [1.807, 2.05) is 0 Å². The van der Waals surface area contributed by atoms with Crippen molar-refractivity contribution in [2.75, 3.05) is 11.6 Å². The molecule has 0 saturated heterocycles. The first-order chi connectivity index (χ1) is 3.91. The van der Waals surface area contributed by atoms with Crippen molar-refractivity contribution in [3.05, 3.63) is 10.4 Å². The summed E-state index contributed by atoms with van der Waals surface area (Å²) in [6, 6.07) is 0. The van der Waals surface area contributed by atoms with Gasteiger partial charge in [-0.05, 0) is 17.7 Å². The van der Waals surface area contributed by atoms with Crippen LogP contribution in [-0.2, 0) is 0 Å². The van der Waals surface area contributed by atoms with Crippen molar-refractivity contribution < 1.29 is 0 Å².